The fraction of sp³-hybridized carbons (Fsp3) is 0.200. The number of benzene rings is 2. The molecule has 0 fully saturated rings. The van der Waals surface area contributed by atoms with E-state index < -0.39 is 0 Å². The molecule has 0 radical (unpaired) electrons. The second-order valence-corrected chi connectivity index (χ2v) is 4.29. The maximum absolute atomic E-state index is 5.71. The monoisotopic (exact) mass is 227 g/mol. The van der Waals surface area contributed by atoms with Gasteiger partial charge in [0.2, 0.25) is 0 Å². The maximum Gasteiger partial charge on any atom is 0.121 e. The van der Waals surface area contributed by atoms with Crippen molar-refractivity contribution in [3.63, 3.8) is 0 Å². The standard InChI is InChI=1S/C15H17NO/c1-11-6-7-13(12(2)8-11)10-17-15-5-3-4-14(16)9-15/h3-9H,10,16H2,1-2H3. The number of nitrogens with two attached hydrogens (primary N) is 1. The van der Waals surface area contributed by atoms with E-state index in [0.29, 0.717) is 6.61 Å². The van der Waals surface area contributed by atoms with Gasteiger partial charge in [0.1, 0.15) is 12.4 Å². The van der Waals surface area contributed by atoms with Crippen LogP contribution in [0.4, 0.5) is 5.69 Å². The van der Waals surface area contributed by atoms with Gasteiger partial charge in [-0.2, -0.15) is 0 Å². The van der Waals surface area contributed by atoms with Gasteiger partial charge in [0.25, 0.3) is 0 Å². The van der Waals surface area contributed by atoms with E-state index in [-0.39, 0.29) is 0 Å². The summed E-state index contributed by atoms with van der Waals surface area (Å²) in [5.41, 5.74) is 10.2. The van der Waals surface area contributed by atoms with Crippen LogP contribution in [-0.4, -0.2) is 0 Å². The summed E-state index contributed by atoms with van der Waals surface area (Å²) in [6.45, 7) is 4.77. The van der Waals surface area contributed by atoms with Crippen molar-refractivity contribution in [3.8, 4) is 5.75 Å². The summed E-state index contributed by atoms with van der Waals surface area (Å²) in [5, 5.41) is 0. The molecular formula is C15H17NO. The third kappa shape index (κ3) is 3.00. The van der Waals surface area contributed by atoms with Gasteiger partial charge in [0.15, 0.2) is 0 Å². The van der Waals surface area contributed by atoms with Crippen LogP contribution in [0.15, 0.2) is 42.5 Å². The number of aryl methyl sites for hydroxylation is 2. The lowest BCUT2D eigenvalue weighted by Gasteiger charge is -2.09. The minimum atomic E-state index is 0.579. The highest BCUT2D eigenvalue weighted by Crippen LogP contribution is 2.18. The van der Waals surface area contributed by atoms with E-state index in [0.717, 1.165) is 11.4 Å². The molecule has 0 aliphatic rings. The van der Waals surface area contributed by atoms with Crippen LogP contribution in [0.3, 0.4) is 0 Å². The minimum absolute atomic E-state index is 0.579. The lowest BCUT2D eigenvalue weighted by molar-refractivity contribution is 0.305. The second-order valence-electron chi connectivity index (χ2n) is 4.29. The van der Waals surface area contributed by atoms with Crippen LogP contribution < -0.4 is 10.5 Å². The summed E-state index contributed by atoms with van der Waals surface area (Å²) in [5.74, 6) is 0.810. The highest BCUT2D eigenvalue weighted by Gasteiger charge is 2.00. The predicted molar refractivity (Wildman–Crippen MR) is 71.1 cm³/mol. The van der Waals surface area contributed by atoms with E-state index in [1.54, 1.807) is 0 Å². The topological polar surface area (TPSA) is 35.2 Å². The molecule has 0 unspecified atom stereocenters. The molecule has 2 aromatic carbocycles. The van der Waals surface area contributed by atoms with E-state index in [4.69, 9.17) is 10.5 Å². The zero-order valence-electron chi connectivity index (χ0n) is 10.2. The van der Waals surface area contributed by atoms with Crippen molar-refractivity contribution in [2.45, 2.75) is 20.5 Å². The van der Waals surface area contributed by atoms with Crippen molar-refractivity contribution in [3.05, 3.63) is 59.2 Å². The van der Waals surface area contributed by atoms with Gasteiger partial charge in [0, 0.05) is 11.8 Å². The summed E-state index contributed by atoms with van der Waals surface area (Å²) in [6.07, 6.45) is 0. The van der Waals surface area contributed by atoms with Crippen molar-refractivity contribution in [1.82, 2.24) is 0 Å². The normalized spacial score (nSPS) is 10.2. The first-order valence-electron chi connectivity index (χ1n) is 5.69. The summed E-state index contributed by atoms with van der Waals surface area (Å²) < 4.78 is 5.71. The van der Waals surface area contributed by atoms with Gasteiger partial charge in [-0.1, -0.05) is 29.8 Å². The first kappa shape index (κ1) is 11.5. The minimum Gasteiger partial charge on any atom is -0.489 e. The van der Waals surface area contributed by atoms with Gasteiger partial charge in [0.05, 0.1) is 0 Å². The van der Waals surface area contributed by atoms with Crippen molar-refractivity contribution in [2.24, 2.45) is 0 Å². The highest BCUT2D eigenvalue weighted by atomic mass is 16.5. The van der Waals surface area contributed by atoms with Crippen LogP contribution >= 0.6 is 0 Å². The molecule has 0 atom stereocenters. The number of nitrogen functional groups attached to an aromatic ring is 1. The van der Waals surface area contributed by atoms with E-state index in [1.807, 2.05) is 24.3 Å². The van der Waals surface area contributed by atoms with Crippen molar-refractivity contribution >= 4 is 5.69 Å². The fourth-order valence-electron chi connectivity index (χ4n) is 1.77. The Kier molecular flexibility index (Phi) is 3.33. The lowest BCUT2D eigenvalue weighted by atomic mass is 10.1. The van der Waals surface area contributed by atoms with Crippen LogP contribution in [-0.2, 0) is 6.61 Å². The molecule has 2 N–H and O–H groups in total. The quantitative estimate of drug-likeness (QED) is 0.815. The van der Waals surface area contributed by atoms with Gasteiger partial charge >= 0.3 is 0 Å². The zero-order valence-corrected chi connectivity index (χ0v) is 10.2. The van der Waals surface area contributed by atoms with Crippen LogP contribution in [0.25, 0.3) is 0 Å². The summed E-state index contributed by atoms with van der Waals surface area (Å²) in [6, 6.07) is 13.9. The Morgan fingerprint density at radius 2 is 1.88 bits per heavy atom. The van der Waals surface area contributed by atoms with Gasteiger partial charge in [-0.3, -0.25) is 0 Å². The Balaban J connectivity index is 2.07. The Hall–Kier alpha value is -1.96. The third-order valence-electron chi connectivity index (χ3n) is 2.75. The largest absolute Gasteiger partial charge is 0.489 e. The number of rotatable bonds is 3. The first-order valence-corrected chi connectivity index (χ1v) is 5.69. The number of hydrogen-bond donors (Lipinski definition) is 1. The molecule has 0 aliphatic heterocycles. The molecule has 2 rings (SSSR count). The Labute approximate surface area is 102 Å². The number of anilines is 1. The van der Waals surface area contributed by atoms with Crippen molar-refractivity contribution < 1.29 is 4.74 Å². The van der Waals surface area contributed by atoms with Crippen molar-refractivity contribution in [1.29, 1.82) is 0 Å². The molecule has 88 valence electrons. The smallest absolute Gasteiger partial charge is 0.121 e. The SMILES string of the molecule is Cc1ccc(COc2cccc(N)c2)c(C)c1. The average Bonchev–Trinajstić information content (AvgIpc) is 2.28. The molecule has 2 nitrogen and oxygen atoms in total. The first-order chi connectivity index (χ1) is 8.15. The average molecular weight is 227 g/mol. The lowest BCUT2D eigenvalue weighted by Crippen LogP contribution is -1.98. The summed E-state index contributed by atoms with van der Waals surface area (Å²) >= 11 is 0. The molecule has 0 aromatic heterocycles. The Morgan fingerprint density at radius 3 is 2.59 bits per heavy atom. The van der Waals surface area contributed by atoms with Gasteiger partial charge in [-0.15, -0.1) is 0 Å². The molecule has 17 heavy (non-hydrogen) atoms. The maximum atomic E-state index is 5.71. The molecule has 0 bridgehead atoms. The highest BCUT2D eigenvalue weighted by molar-refractivity contribution is 5.43. The third-order valence-corrected chi connectivity index (χ3v) is 2.75. The molecule has 0 saturated heterocycles. The van der Waals surface area contributed by atoms with E-state index in [1.165, 1.54) is 16.7 Å². The van der Waals surface area contributed by atoms with Crippen LogP contribution in [0.1, 0.15) is 16.7 Å². The summed E-state index contributed by atoms with van der Waals surface area (Å²) in [4.78, 5) is 0. The molecule has 2 heteroatoms. The Bertz CT molecular complexity index is 520. The van der Waals surface area contributed by atoms with Gasteiger partial charge < -0.3 is 10.5 Å². The van der Waals surface area contributed by atoms with Crippen LogP contribution in [0.5, 0.6) is 5.75 Å². The zero-order chi connectivity index (χ0) is 12.3. The molecular weight excluding hydrogens is 210 g/mol. The van der Waals surface area contributed by atoms with Gasteiger partial charge in [-0.25, -0.2) is 0 Å². The second kappa shape index (κ2) is 4.91. The van der Waals surface area contributed by atoms with E-state index in [2.05, 4.69) is 32.0 Å². The Morgan fingerprint density at radius 1 is 1.06 bits per heavy atom. The fourth-order valence-corrected chi connectivity index (χ4v) is 1.77. The number of ether oxygens (including phenoxy) is 1. The molecule has 0 saturated carbocycles. The molecule has 0 aliphatic carbocycles. The molecule has 0 spiro atoms. The predicted octanol–water partition coefficient (Wildman–Crippen LogP) is 3.46. The summed E-state index contributed by atoms with van der Waals surface area (Å²) in [7, 11) is 0. The van der Waals surface area contributed by atoms with E-state index >= 15 is 0 Å². The molecule has 2 aromatic rings. The van der Waals surface area contributed by atoms with Gasteiger partial charge in [-0.05, 0) is 37.1 Å². The number of hydrogen-bond acceptors (Lipinski definition) is 2. The van der Waals surface area contributed by atoms with E-state index in [9.17, 15) is 0 Å². The molecule has 0 heterocycles. The van der Waals surface area contributed by atoms with Crippen LogP contribution in [0, 0.1) is 13.8 Å². The van der Waals surface area contributed by atoms with Crippen LogP contribution in [0.2, 0.25) is 0 Å². The van der Waals surface area contributed by atoms with Crippen molar-refractivity contribution in [2.75, 3.05) is 5.73 Å². The molecule has 0 amide bonds.